The number of nitrogens with one attached hydrogen (secondary N) is 1. The molecule has 0 saturated heterocycles. The molecular weight excluding hydrogens is 240 g/mol. The maximum Gasteiger partial charge on any atom is 0.317 e. The topological polar surface area (TPSA) is 72.9 Å². The summed E-state index contributed by atoms with van der Waals surface area (Å²) in [5.74, 6) is 0.904. The van der Waals surface area contributed by atoms with Gasteiger partial charge in [0.1, 0.15) is 5.82 Å². The fourth-order valence-electron chi connectivity index (χ4n) is 2.08. The third-order valence-corrected chi connectivity index (χ3v) is 2.95. The van der Waals surface area contributed by atoms with E-state index in [1.807, 2.05) is 37.3 Å². The van der Waals surface area contributed by atoms with Crippen molar-refractivity contribution in [3.8, 4) is 5.69 Å². The summed E-state index contributed by atoms with van der Waals surface area (Å²) in [6.45, 7) is 6.07. The van der Waals surface area contributed by atoms with Crippen LogP contribution in [-0.4, -0.2) is 15.8 Å². The molecule has 5 heteroatoms. The highest BCUT2D eigenvalue weighted by molar-refractivity contribution is 5.88. The molecule has 0 atom stereocenters. The number of hydrogen-bond acceptors (Lipinski definition) is 2. The number of amides is 2. The molecule has 2 rings (SSSR count). The van der Waals surface area contributed by atoms with Gasteiger partial charge in [0.2, 0.25) is 0 Å². The minimum absolute atomic E-state index is 0.276. The van der Waals surface area contributed by atoms with Crippen LogP contribution >= 0.6 is 0 Å². The summed E-state index contributed by atoms with van der Waals surface area (Å²) in [4.78, 5) is 11.2. The molecule has 2 amide bonds. The number of para-hydroxylation sites is 1. The molecule has 0 aliphatic carbocycles. The number of nitrogens with zero attached hydrogens (tertiary/aromatic N) is 2. The van der Waals surface area contributed by atoms with Gasteiger partial charge in [0.25, 0.3) is 0 Å². The van der Waals surface area contributed by atoms with Crippen molar-refractivity contribution >= 4 is 11.8 Å². The maximum atomic E-state index is 11.2. The van der Waals surface area contributed by atoms with Crippen molar-refractivity contribution in [1.29, 1.82) is 0 Å². The van der Waals surface area contributed by atoms with Crippen molar-refractivity contribution in [2.45, 2.75) is 26.7 Å². The van der Waals surface area contributed by atoms with Crippen LogP contribution in [0.15, 0.2) is 30.3 Å². The molecule has 0 unspecified atom stereocenters. The standard InChI is InChI=1S/C14H18N4O/c1-9(2)12-10(3)13(16-14(15)19)18(17-12)11-7-5-4-6-8-11/h4-9H,1-3H3,(H3,15,16,19). The Morgan fingerprint density at radius 2 is 1.95 bits per heavy atom. The normalized spacial score (nSPS) is 10.7. The van der Waals surface area contributed by atoms with Crippen LogP contribution in [0.4, 0.5) is 10.6 Å². The predicted octanol–water partition coefficient (Wildman–Crippen LogP) is 2.79. The van der Waals surface area contributed by atoms with E-state index < -0.39 is 6.03 Å². The average Bonchev–Trinajstić information content (AvgIpc) is 2.68. The number of nitrogens with two attached hydrogens (primary N) is 1. The molecule has 0 aliphatic rings. The molecular formula is C14H18N4O. The smallest absolute Gasteiger partial charge is 0.317 e. The molecule has 0 aliphatic heterocycles. The van der Waals surface area contributed by atoms with Gasteiger partial charge in [-0.2, -0.15) is 5.10 Å². The predicted molar refractivity (Wildman–Crippen MR) is 75.6 cm³/mol. The molecule has 3 N–H and O–H groups in total. The highest BCUT2D eigenvalue weighted by Gasteiger charge is 2.18. The maximum absolute atomic E-state index is 11.2. The Kier molecular flexibility index (Phi) is 3.55. The summed E-state index contributed by atoms with van der Waals surface area (Å²) < 4.78 is 1.72. The van der Waals surface area contributed by atoms with Crippen molar-refractivity contribution in [2.24, 2.45) is 5.73 Å². The molecule has 1 aromatic heterocycles. The summed E-state index contributed by atoms with van der Waals surface area (Å²) in [6, 6.07) is 9.07. The van der Waals surface area contributed by atoms with E-state index in [9.17, 15) is 4.79 Å². The van der Waals surface area contributed by atoms with Crippen LogP contribution < -0.4 is 11.1 Å². The minimum atomic E-state index is -0.588. The first kappa shape index (κ1) is 13.1. The number of aromatic nitrogens is 2. The molecule has 1 aromatic carbocycles. The van der Waals surface area contributed by atoms with Crippen molar-refractivity contribution < 1.29 is 4.79 Å². The van der Waals surface area contributed by atoms with E-state index in [0.717, 1.165) is 16.9 Å². The van der Waals surface area contributed by atoms with Crippen LogP contribution in [0.5, 0.6) is 0 Å². The van der Waals surface area contributed by atoms with Gasteiger partial charge in [-0.15, -0.1) is 0 Å². The van der Waals surface area contributed by atoms with Gasteiger partial charge in [0.05, 0.1) is 11.4 Å². The van der Waals surface area contributed by atoms with Gasteiger partial charge in [-0.1, -0.05) is 32.0 Å². The average molecular weight is 258 g/mol. The molecule has 0 saturated carbocycles. The zero-order chi connectivity index (χ0) is 14.0. The van der Waals surface area contributed by atoms with Gasteiger partial charge in [0.15, 0.2) is 0 Å². The molecule has 0 bridgehead atoms. The Morgan fingerprint density at radius 1 is 1.32 bits per heavy atom. The third-order valence-electron chi connectivity index (χ3n) is 2.95. The van der Waals surface area contributed by atoms with Crippen LogP contribution in [0.1, 0.15) is 31.0 Å². The van der Waals surface area contributed by atoms with Crippen molar-refractivity contribution in [2.75, 3.05) is 5.32 Å². The van der Waals surface area contributed by atoms with Gasteiger partial charge in [-0.25, -0.2) is 9.48 Å². The quantitative estimate of drug-likeness (QED) is 0.888. The fourth-order valence-corrected chi connectivity index (χ4v) is 2.08. The molecule has 0 fully saturated rings. The van der Waals surface area contributed by atoms with E-state index in [2.05, 4.69) is 24.3 Å². The number of urea groups is 1. The van der Waals surface area contributed by atoms with E-state index in [4.69, 9.17) is 5.73 Å². The molecule has 19 heavy (non-hydrogen) atoms. The first-order valence-corrected chi connectivity index (χ1v) is 6.22. The summed E-state index contributed by atoms with van der Waals surface area (Å²) in [7, 11) is 0. The van der Waals surface area contributed by atoms with Crippen LogP contribution in [0.25, 0.3) is 5.69 Å². The number of anilines is 1. The lowest BCUT2D eigenvalue weighted by atomic mass is 10.1. The SMILES string of the molecule is Cc1c(C(C)C)nn(-c2ccccc2)c1NC(N)=O. The number of carbonyl (C=O) groups is 1. The number of primary amides is 1. The fraction of sp³-hybridized carbons (Fsp3) is 0.286. The second-order valence-electron chi connectivity index (χ2n) is 4.75. The van der Waals surface area contributed by atoms with Gasteiger partial charge in [0, 0.05) is 5.56 Å². The highest BCUT2D eigenvalue weighted by Crippen LogP contribution is 2.27. The highest BCUT2D eigenvalue weighted by atomic mass is 16.2. The van der Waals surface area contributed by atoms with Crippen LogP contribution in [0.2, 0.25) is 0 Å². The van der Waals surface area contributed by atoms with Crippen molar-refractivity contribution in [1.82, 2.24) is 9.78 Å². The van der Waals surface area contributed by atoms with Gasteiger partial charge >= 0.3 is 6.03 Å². The van der Waals surface area contributed by atoms with Crippen LogP contribution in [0, 0.1) is 6.92 Å². The summed E-state index contributed by atoms with van der Waals surface area (Å²) in [5.41, 5.74) is 8.02. The second-order valence-corrected chi connectivity index (χ2v) is 4.75. The lowest BCUT2D eigenvalue weighted by Crippen LogP contribution is -2.21. The van der Waals surface area contributed by atoms with Crippen molar-refractivity contribution in [3.63, 3.8) is 0 Å². The van der Waals surface area contributed by atoms with Crippen LogP contribution in [-0.2, 0) is 0 Å². The van der Waals surface area contributed by atoms with Crippen LogP contribution in [0.3, 0.4) is 0 Å². The second kappa shape index (κ2) is 5.14. The zero-order valence-electron chi connectivity index (χ0n) is 11.3. The third kappa shape index (κ3) is 2.59. The van der Waals surface area contributed by atoms with Crippen molar-refractivity contribution in [3.05, 3.63) is 41.6 Å². The molecule has 1 heterocycles. The molecule has 2 aromatic rings. The molecule has 100 valence electrons. The van der Waals surface area contributed by atoms with Gasteiger partial charge in [-0.3, -0.25) is 5.32 Å². The zero-order valence-corrected chi connectivity index (χ0v) is 11.3. The van der Waals surface area contributed by atoms with E-state index >= 15 is 0 Å². The first-order valence-electron chi connectivity index (χ1n) is 6.22. The molecule has 5 nitrogen and oxygen atoms in total. The Labute approximate surface area is 112 Å². The summed E-state index contributed by atoms with van der Waals surface area (Å²) >= 11 is 0. The number of rotatable bonds is 3. The van der Waals surface area contributed by atoms with Gasteiger partial charge in [-0.05, 0) is 25.0 Å². The monoisotopic (exact) mass is 258 g/mol. The Hall–Kier alpha value is -2.30. The van der Waals surface area contributed by atoms with E-state index in [1.165, 1.54) is 0 Å². The number of carbonyl (C=O) groups excluding carboxylic acids is 1. The summed E-state index contributed by atoms with van der Waals surface area (Å²) in [6.07, 6.45) is 0. The van der Waals surface area contributed by atoms with E-state index in [0.29, 0.717) is 5.82 Å². The van der Waals surface area contributed by atoms with Gasteiger partial charge < -0.3 is 5.73 Å². The van der Waals surface area contributed by atoms with E-state index in [1.54, 1.807) is 4.68 Å². The molecule has 0 radical (unpaired) electrons. The Bertz CT molecular complexity index is 587. The molecule has 0 spiro atoms. The minimum Gasteiger partial charge on any atom is -0.351 e. The lowest BCUT2D eigenvalue weighted by Gasteiger charge is -2.07. The van der Waals surface area contributed by atoms with E-state index in [-0.39, 0.29) is 5.92 Å². The lowest BCUT2D eigenvalue weighted by molar-refractivity contribution is 0.259. The number of hydrogen-bond donors (Lipinski definition) is 2. The first-order chi connectivity index (χ1) is 9.00. The largest absolute Gasteiger partial charge is 0.351 e. The number of benzene rings is 1. The Morgan fingerprint density at radius 3 is 2.47 bits per heavy atom. The Balaban J connectivity index is 2.58. The summed E-state index contributed by atoms with van der Waals surface area (Å²) in [5, 5.41) is 7.23.